The zero-order valence-corrected chi connectivity index (χ0v) is 17.5. The van der Waals surface area contributed by atoms with E-state index in [1.54, 1.807) is 4.90 Å². The molecule has 7 nitrogen and oxygen atoms in total. The molecule has 4 N–H and O–H groups in total. The van der Waals surface area contributed by atoms with Crippen LogP contribution >= 0.6 is 0 Å². The number of carbonyl (C=O) groups is 2. The summed E-state index contributed by atoms with van der Waals surface area (Å²) >= 11 is 0. The predicted octanol–water partition coefficient (Wildman–Crippen LogP) is 1.59. The number of likely N-dealkylation sites (tertiary alicyclic amines) is 1. The highest BCUT2D eigenvalue weighted by molar-refractivity contribution is 5.85. The Hall–Kier alpha value is -1.65. The largest absolute Gasteiger partial charge is 0.458 e. The first-order chi connectivity index (χ1) is 14.3. The van der Waals surface area contributed by atoms with Crippen molar-refractivity contribution < 1.29 is 14.3 Å². The van der Waals surface area contributed by atoms with Gasteiger partial charge in [0.15, 0.2) is 0 Å². The standard InChI is InChI=1S/C23H32N4O3/c24-11-16-5-15-6-17(15)27(16)19(28)18(25)21-7-13-4-14(8-21)10-22(9-13,12-21)30-20(29)23(26)2-1-3-23/h13-18H,1-10,12,25-26H2/t13-,14?,15?,16-,17?,18+,21?,22?/m0/s1. The third kappa shape index (κ3) is 2.56. The Morgan fingerprint density at radius 2 is 1.80 bits per heavy atom. The average Bonchev–Trinajstić information content (AvgIpc) is 3.33. The van der Waals surface area contributed by atoms with Crippen molar-refractivity contribution in [2.24, 2.45) is 34.6 Å². The predicted molar refractivity (Wildman–Crippen MR) is 107 cm³/mol. The minimum atomic E-state index is -0.815. The second kappa shape index (κ2) is 5.98. The number of hydrogen-bond donors (Lipinski definition) is 2. The second-order valence-electron chi connectivity index (χ2n) is 11.6. The first kappa shape index (κ1) is 19.1. The molecule has 7 fully saturated rings. The van der Waals surface area contributed by atoms with Crippen LogP contribution in [-0.4, -0.2) is 46.0 Å². The average molecular weight is 413 g/mol. The van der Waals surface area contributed by atoms with Crippen LogP contribution in [0.15, 0.2) is 0 Å². The summed E-state index contributed by atoms with van der Waals surface area (Å²) in [6, 6.07) is 1.58. The zero-order chi connectivity index (χ0) is 20.9. The van der Waals surface area contributed by atoms with Crippen LogP contribution in [0.5, 0.6) is 0 Å². The van der Waals surface area contributed by atoms with Crippen molar-refractivity contribution in [1.29, 1.82) is 5.26 Å². The number of amides is 1. The van der Waals surface area contributed by atoms with E-state index in [0.717, 1.165) is 51.4 Å². The molecule has 0 spiro atoms. The lowest BCUT2D eigenvalue weighted by Gasteiger charge is -2.63. The molecule has 6 aliphatic carbocycles. The van der Waals surface area contributed by atoms with Crippen molar-refractivity contribution in [3.63, 3.8) is 0 Å². The van der Waals surface area contributed by atoms with Crippen LogP contribution in [0, 0.1) is 34.5 Å². The SMILES string of the molecule is N#C[C@@H]1CC2CC2N1C(=O)[C@@H](N)C12CC3C[C@H](CC(OC(=O)C4(N)CCC4)(C3)C1)C2. The molecule has 1 amide bonds. The summed E-state index contributed by atoms with van der Waals surface area (Å²) in [4.78, 5) is 28.2. The third-order valence-corrected chi connectivity index (χ3v) is 9.45. The quantitative estimate of drug-likeness (QED) is 0.676. The van der Waals surface area contributed by atoms with Crippen LogP contribution in [-0.2, 0) is 14.3 Å². The van der Waals surface area contributed by atoms with Crippen molar-refractivity contribution in [2.45, 2.75) is 99.9 Å². The molecular formula is C23H32N4O3. The van der Waals surface area contributed by atoms with Crippen molar-refractivity contribution in [3.05, 3.63) is 0 Å². The van der Waals surface area contributed by atoms with Crippen molar-refractivity contribution in [3.8, 4) is 6.07 Å². The normalized spacial score (nSPS) is 47.8. The van der Waals surface area contributed by atoms with Gasteiger partial charge in [-0.05, 0) is 93.8 Å². The highest BCUT2D eigenvalue weighted by atomic mass is 16.6. The van der Waals surface area contributed by atoms with E-state index in [4.69, 9.17) is 16.2 Å². The Balaban J connectivity index is 1.26. The maximum atomic E-state index is 13.5. The number of hydrogen-bond acceptors (Lipinski definition) is 6. The second-order valence-corrected chi connectivity index (χ2v) is 11.6. The summed E-state index contributed by atoms with van der Waals surface area (Å²) < 4.78 is 6.21. The number of ether oxygens (including phenoxy) is 1. The topological polar surface area (TPSA) is 122 Å². The fourth-order valence-electron chi connectivity index (χ4n) is 8.10. The van der Waals surface area contributed by atoms with Crippen LogP contribution in [0.4, 0.5) is 0 Å². The highest BCUT2D eigenvalue weighted by Crippen LogP contribution is 2.64. The van der Waals surface area contributed by atoms with Crippen LogP contribution in [0.25, 0.3) is 0 Å². The van der Waals surface area contributed by atoms with Gasteiger partial charge in [-0.1, -0.05) is 0 Å². The zero-order valence-electron chi connectivity index (χ0n) is 17.5. The van der Waals surface area contributed by atoms with Gasteiger partial charge in [0.1, 0.15) is 17.2 Å². The minimum absolute atomic E-state index is 0.0516. The van der Waals surface area contributed by atoms with E-state index >= 15 is 0 Å². The number of piperidine rings is 1. The lowest BCUT2D eigenvalue weighted by atomic mass is 9.46. The van der Waals surface area contributed by atoms with Crippen molar-refractivity contribution in [1.82, 2.24) is 4.90 Å². The van der Waals surface area contributed by atoms with Gasteiger partial charge < -0.3 is 21.1 Å². The lowest BCUT2D eigenvalue weighted by molar-refractivity contribution is -0.212. The molecule has 30 heavy (non-hydrogen) atoms. The van der Waals surface area contributed by atoms with E-state index < -0.39 is 17.2 Å². The smallest absolute Gasteiger partial charge is 0.326 e. The van der Waals surface area contributed by atoms with Crippen LogP contribution < -0.4 is 11.5 Å². The van der Waals surface area contributed by atoms with Crippen molar-refractivity contribution >= 4 is 11.9 Å². The maximum Gasteiger partial charge on any atom is 0.326 e. The molecule has 0 aromatic rings. The maximum absolute atomic E-state index is 13.5. The molecule has 1 heterocycles. The molecule has 1 saturated heterocycles. The summed E-state index contributed by atoms with van der Waals surface area (Å²) in [7, 11) is 0. The lowest BCUT2D eigenvalue weighted by Crippen LogP contribution is -2.67. The minimum Gasteiger partial charge on any atom is -0.458 e. The molecular weight excluding hydrogens is 380 g/mol. The molecule has 0 radical (unpaired) electrons. The van der Waals surface area contributed by atoms with Gasteiger partial charge in [-0.15, -0.1) is 0 Å². The molecule has 162 valence electrons. The Morgan fingerprint density at radius 1 is 1.10 bits per heavy atom. The third-order valence-electron chi connectivity index (χ3n) is 9.45. The molecule has 0 aromatic heterocycles. The van der Waals surface area contributed by atoms with E-state index in [9.17, 15) is 14.9 Å². The number of rotatable bonds is 4. The summed E-state index contributed by atoms with van der Waals surface area (Å²) in [5.74, 6) is 1.08. The van der Waals surface area contributed by atoms with Crippen LogP contribution in [0.1, 0.15) is 70.6 Å². The molecule has 1 aliphatic heterocycles. The van der Waals surface area contributed by atoms with Gasteiger partial charge in [0.2, 0.25) is 5.91 Å². The number of nitriles is 1. The Labute approximate surface area is 177 Å². The molecule has 0 aromatic carbocycles. The molecule has 8 atom stereocenters. The summed E-state index contributed by atoms with van der Waals surface area (Å²) in [6.07, 6.45) is 9.61. The van der Waals surface area contributed by atoms with E-state index in [-0.39, 0.29) is 29.4 Å². The van der Waals surface area contributed by atoms with Gasteiger partial charge in [0.25, 0.3) is 0 Å². The number of fused-ring (bicyclic) bond motifs is 1. The van der Waals surface area contributed by atoms with Crippen LogP contribution in [0.3, 0.4) is 0 Å². The van der Waals surface area contributed by atoms with Gasteiger partial charge in [0, 0.05) is 6.04 Å². The number of nitrogens with zero attached hydrogens (tertiary/aromatic N) is 2. The highest BCUT2D eigenvalue weighted by Gasteiger charge is 2.64. The molecule has 5 unspecified atom stereocenters. The molecule has 6 saturated carbocycles. The van der Waals surface area contributed by atoms with Crippen molar-refractivity contribution in [2.75, 3.05) is 0 Å². The first-order valence-electron chi connectivity index (χ1n) is 11.8. The molecule has 7 heteroatoms. The number of esters is 1. The summed E-state index contributed by atoms with van der Waals surface area (Å²) in [5, 5.41) is 9.53. The Kier molecular flexibility index (Phi) is 3.80. The fraction of sp³-hybridized carbons (Fsp3) is 0.870. The molecule has 7 aliphatic rings. The van der Waals surface area contributed by atoms with Gasteiger partial charge in [-0.25, -0.2) is 0 Å². The van der Waals surface area contributed by atoms with E-state index in [0.29, 0.717) is 37.0 Å². The summed E-state index contributed by atoms with van der Waals surface area (Å²) in [6.45, 7) is 0. The van der Waals surface area contributed by atoms with E-state index in [2.05, 4.69) is 6.07 Å². The summed E-state index contributed by atoms with van der Waals surface area (Å²) in [5.41, 5.74) is 11.4. The molecule has 4 bridgehead atoms. The monoisotopic (exact) mass is 412 g/mol. The number of nitrogens with two attached hydrogens (primary N) is 2. The van der Waals surface area contributed by atoms with Gasteiger partial charge in [-0.3, -0.25) is 9.59 Å². The Morgan fingerprint density at radius 3 is 2.40 bits per heavy atom. The fourth-order valence-corrected chi connectivity index (χ4v) is 8.10. The Bertz CT molecular complexity index is 832. The van der Waals surface area contributed by atoms with Gasteiger partial charge in [0.05, 0.1) is 12.1 Å². The van der Waals surface area contributed by atoms with Crippen LogP contribution in [0.2, 0.25) is 0 Å². The van der Waals surface area contributed by atoms with E-state index in [1.165, 1.54) is 0 Å². The first-order valence-corrected chi connectivity index (χ1v) is 11.8. The van der Waals surface area contributed by atoms with Gasteiger partial charge in [-0.2, -0.15) is 5.26 Å². The number of carbonyl (C=O) groups excluding carboxylic acids is 2. The molecule has 7 rings (SSSR count). The van der Waals surface area contributed by atoms with Gasteiger partial charge >= 0.3 is 5.97 Å². The van der Waals surface area contributed by atoms with E-state index in [1.807, 2.05) is 0 Å².